The van der Waals surface area contributed by atoms with Crippen molar-refractivity contribution in [2.24, 2.45) is 0 Å². The first kappa shape index (κ1) is 14.3. The summed E-state index contributed by atoms with van der Waals surface area (Å²) in [5.41, 5.74) is 0.851. The van der Waals surface area contributed by atoms with Gasteiger partial charge >= 0.3 is 0 Å². The maximum atomic E-state index is 5.54. The number of hydrogen-bond acceptors (Lipinski definition) is 6. The van der Waals surface area contributed by atoms with E-state index in [2.05, 4.69) is 27.2 Å². The first-order chi connectivity index (χ1) is 9.58. The number of ether oxygens (including phenoxy) is 1. The Morgan fingerprint density at radius 2 is 2.15 bits per heavy atom. The molecule has 0 aliphatic rings. The minimum absolute atomic E-state index is 0.107. The van der Waals surface area contributed by atoms with Gasteiger partial charge in [0.05, 0.1) is 12.8 Å². The molecule has 1 N–H and O–H groups in total. The molecule has 108 valence electrons. The first-order valence-corrected chi connectivity index (χ1v) is 6.76. The Morgan fingerprint density at radius 3 is 2.80 bits per heavy atom. The predicted molar refractivity (Wildman–Crippen MR) is 75.8 cm³/mol. The van der Waals surface area contributed by atoms with E-state index >= 15 is 0 Å². The van der Waals surface area contributed by atoms with Crippen LogP contribution in [0.2, 0.25) is 0 Å². The highest BCUT2D eigenvalue weighted by molar-refractivity contribution is 5.32. The maximum absolute atomic E-state index is 5.54. The Kier molecular flexibility index (Phi) is 4.55. The zero-order valence-electron chi connectivity index (χ0n) is 12.3. The normalized spacial score (nSPS) is 12.2. The second-order valence-electron chi connectivity index (χ2n) is 4.69. The Labute approximate surface area is 118 Å². The summed E-state index contributed by atoms with van der Waals surface area (Å²) in [5, 5.41) is 3.17. The average molecular weight is 276 g/mol. The highest BCUT2D eigenvalue weighted by atomic mass is 16.5. The molecule has 1 unspecified atom stereocenters. The average Bonchev–Trinajstić information content (AvgIpc) is 2.82. The molecule has 0 radical (unpaired) electrons. The van der Waals surface area contributed by atoms with Crippen LogP contribution in [0.4, 0.5) is 5.95 Å². The minimum Gasteiger partial charge on any atom is -0.478 e. The Balaban J connectivity index is 2.10. The molecular weight excluding hydrogens is 256 g/mol. The Hall–Kier alpha value is -2.11. The topological polar surface area (TPSA) is 73.1 Å². The minimum atomic E-state index is -0.107. The van der Waals surface area contributed by atoms with Crippen molar-refractivity contribution in [2.75, 3.05) is 11.9 Å². The van der Waals surface area contributed by atoms with Crippen LogP contribution in [0, 0.1) is 13.8 Å². The lowest BCUT2D eigenvalue weighted by molar-refractivity contribution is 0.304. The highest BCUT2D eigenvalue weighted by Gasteiger charge is 2.13. The summed E-state index contributed by atoms with van der Waals surface area (Å²) in [7, 11) is 0. The third-order valence-electron chi connectivity index (χ3n) is 2.64. The van der Waals surface area contributed by atoms with Crippen LogP contribution in [0.3, 0.4) is 0 Å². The van der Waals surface area contributed by atoms with Gasteiger partial charge in [-0.2, -0.15) is 4.98 Å². The van der Waals surface area contributed by atoms with Crippen molar-refractivity contribution in [2.45, 2.75) is 40.2 Å². The van der Waals surface area contributed by atoms with E-state index in [9.17, 15) is 0 Å². The monoisotopic (exact) mass is 276 g/mol. The quantitative estimate of drug-likeness (QED) is 0.874. The Morgan fingerprint density at radius 1 is 1.35 bits per heavy atom. The summed E-state index contributed by atoms with van der Waals surface area (Å²) in [6, 6.07) is 1.71. The number of hydrogen-bond donors (Lipinski definition) is 1. The fraction of sp³-hybridized carbons (Fsp3) is 0.500. The maximum Gasteiger partial charge on any atom is 0.226 e. The molecule has 0 bridgehead atoms. The number of oxazole rings is 1. The van der Waals surface area contributed by atoms with Gasteiger partial charge in [0.1, 0.15) is 11.8 Å². The smallest absolute Gasteiger partial charge is 0.226 e. The molecule has 6 heteroatoms. The highest BCUT2D eigenvalue weighted by Crippen LogP contribution is 2.19. The standard InChI is InChI=1S/C14H20N4O2/c1-5-6-19-12-7-9(2)16-14(18-12)17-11(4)13-15-8-10(3)20-13/h7-8,11H,5-6H2,1-4H3,(H,16,17,18). The number of nitrogens with one attached hydrogen (secondary N) is 1. The van der Waals surface area contributed by atoms with Gasteiger partial charge in [0, 0.05) is 11.8 Å². The summed E-state index contributed by atoms with van der Waals surface area (Å²) < 4.78 is 11.0. The van der Waals surface area contributed by atoms with Crippen molar-refractivity contribution >= 4 is 5.95 Å². The van der Waals surface area contributed by atoms with Gasteiger partial charge in [0.15, 0.2) is 0 Å². The first-order valence-electron chi connectivity index (χ1n) is 6.76. The fourth-order valence-electron chi connectivity index (χ4n) is 1.71. The number of anilines is 1. The lowest BCUT2D eigenvalue weighted by Gasteiger charge is -2.12. The molecule has 2 heterocycles. The van der Waals surface area contributed by atoms with E-state index in [0.29, 0.717) is 24.3 Å². The molecule has 0 spiro atoms. The third-order valence-corrected chi connectivity index (χ3v) is 2.64. The van der Waals surface area contributed by atoms with Gasteiger partial charge in [-0.25, -0.2) is 9.97 Å². The molecule has 0 amide bonds. The molecule has 2 rings (SSSR count). The van der Waals surface area contributed by atoms with Crippen molar-refractivity contribution in [1.82, 2.24) is 15.0 Å². The van der Waals surface area contributed by atoms with E-state index in [1.807, 2.05) is 26.8 Å². The summed E-state index contributed by atoms with van der Waals surface area (Å²) in [6.07, 6.45) is 2.64. The van der Waals surface area contributed by atoms with Crippen LogP contribution < -0.4 is 10.1 Å². The second kappa shape index (κ2) is 6.36. The number of aryl methyl sites for hydroxylation is 2. The van der Waals surface area contributed by atoms with Crippen molar-refractivity contribution < 1.29 is 9.15 Å². The second-order valence-corrected chi connectivity index (χ2v) is 4.69. The lowest BCUT2D eigenvalue weighted by Crippen LogP contribution is -2.11. The van der Waals surface area contributed by atoms with Crippen molar-refractivity contribution in [3.05, 3.63) is 29.6 Å². The van der Waals surface area contributed by atoms with E-state index in [4.69, 9.17) is 9.15 Å². The van der Waals surface area contributed by atoms with Crippen LogP contribution in [0.15, 0.2) is 16.7 Å². The zero-order chi connectivity index (χ0) is 14.5. The molecule has 0 saturated carbocycles. The number of aromatic nitrogens is 3. The van der Waals surface area contributed by atoms with E-state index in [0.717, 1.165) is 17.9 Å². The molecule has 0 aliphatic carbocycles. The van der Waals surface area contributed by atoms with Crippen LogP contribution in [-0.4, -0.2) is 21.6 Å². The van der Waals surface area contributed by atoms with Gasteiger partial charge in [-0.3, -0.25) is 0 Å². The van der Waals surface area contributed by atoms with Crippen LogP contribution in [0.1, 0.15) is 43.7 Å². The van der Waals surface area contributed by atoms with Gasteiger partial charge < -0.3 is 14.5 Å². The lowest BCUT2D eigenvalue weighted by atomic mass is 10.3. The summed E-state index contributed by atoms with van der Waals surface area (Å²) in [6.45, 7) is 8.42. The zero-order valence-corrected chi connectivity index (χ0v) is 12.3. The Bertz CT molecular complexity index is 568. The van der Waals surface area contributed by atoms with Gasteiger partial charge in [0.25, 0.3) is 0 Å². The molecule has 20 heavy (non-hydrogen) atoms. The van der Waals surface area contributed by atoms with E-state index in [1.54, 1.807) is 6.20 Å². The van der Waals surface area contributed by atoms with Crippen LogP contribution in [0.25, 0.3) is 0 Å². The van der Waals surface area contributed by atoms with Crippen LogP contribution >= 0.6 is 0 Å². The number of nitrogens with zero attached hydrogens (tertiary/aromatic N) is 3. The van der Waals surface area contributed by atoms with Gasteiger partial charge in [-0.1, -0.05) is 6.92 Å². The molecule has 0 aliphatic heterocycles. The molecule has 1 atom stereocenters. The molecule has 6 nitrogen and oxygen atoms in total. The largest absolute Gasteiger partial charge is 0.478 e. The molecule has 0 aromatic carbocycles. The van der Waals surface area contributed by atoms with Crippen LogP contribution in [0.5, 0.6) is 5.88 Å². The van der Waals surface area contributed by atoms with E-state index < -0.39 is 0 Å². The molecule has 0 fully saturated rings. The number of rotatable bonds is 6. The summed E-state index contributed by atoms with van der Waals surface area (Å²) in [5.74, 6) is 2.49. The van der Waals surface area contributed by atoms with Gasteiger partial charge in [0.2, 0.25) is 17.7 Å². The van der Waals surface area contributed by atoms with Gasteiger partial charge in [-0.05, 0) is 27.2 Å². The van der Waals surface area contributed by atoms with E-state index in [1.165, 1.54) is 0 Å². The van der Waals surface area contributed by atoms with E-state index in [-0.39, 0.29) is 6.04 Å². The van der Waals surface area contributed by atoms with Crippen molar-refractivity contribution in [1.29, 1.82) is 0 Å². The molecule has 0 saturated heterocycles. The third kappa shape index (κ3) is 3.69. The summed E-state index contributed by atoms with van der Waals surface area (Å²) in [4.78, 5) is 12.9. The molecule has 2 aromatic rings. The molecule has 2 aromatic heterocycles. The molecular formula is C14H20N4O2. The van der Waals surface area contributed by atoms with Crippen LogP contribution in [-0.2, 0) is 0 Å². The van der Waals surface area contributed by atoms with Crippen molar-refractivity contribution in [3.8, 4) is 5.88 Å². The SMILES string of the molecule is CCCOc1cc(C)nc(NC(C)c2ncc(C)o2)n1. The van der Waals surface area contributed by atoms with Crippen molar-refractivity contribution in [3.63, 3.8) is 0 Å². The van der Waals surface area contributed by atoms with Gasteiger partial charge in [-0.15, -0.1) is 0 Å². The predicted octanol–water partition coefficient (Wildman–Crippen LogP) is 3.04. The fourth-order valence-corrected chi connectivity index (χ4v) is 1.71. The summed E-state index contributed by atoms with van der Waals surface area (Å²) >= 11 is 0.